The van der Waals surface area contributed by atoms with E-state index in [0.717, 1.165) is 4.90 Å². The van der Waals surface area contributed by atoms with Crippen LogP contribution in [0.15, 0.2) is 36.9 Å². The molecule has 1 aliphatic rings. The fourth-order valence-corrected chi connectivity index (χ4v) is 2.95. The van der Waals surface area contributed by atoms with Crippen molar-refractivity contribution in [2.75, 3.05) is 20.2 Å². The van der Waals surface area contributed by atoms with E-state index in [0.29, 0.717) is 0 Å². The van der Waals surface area contributed by atoms with Crippen molar-refractivity contribution in [2.45, 2.75) is 19.9 Å². The van der Waals surface area contributed by atoms with Gasteiger partial charge in [-0.2, -0.15) is 0 Å². The summed E-state index contributed by atoms with van der Waals surface area (Å²) >= 11 is 0. The highest BCUT2D eigenvalue weighted by atomic mass is 16.5. The summed E-state index contributed by atoms with van der Waals surface area (Å²) in [4.78, 5) is 52.0. The summed E-state index contributed by atoms with van der Waals surface area (Å²) in [5.74, 6) is -2.41. The number of methoxy groups -OCH3 is 1. The number of ether oxygens (including phenoxy) is 1. The van der Waals surface area contributed by atoms with Crippen molar-refractivity contribution in [3.8, 4) is 0 Å². The monoisotopic (exact) mass is 358 g/mol. The van der Waals surface area contributed by atoms with Gasteiger partial charge in [0.1, 0.15) is 6.04 Å². The van der Waals surface area contributed by atoms with Gasteiger partial charge in [-0.05, 0) is 19.1 Å². The molecule has 138 valence electrons. The Hall–Kier alpha value is -2.96. The summed E-state index contributed by atoms with van der Waals surface area (Å²) in [6.45, 7) is 7.05. The van der Waals surface area contributed by atoms with Crippen molar-refractivity contribution < 1.29 is 23.9 Å². The molecule has 0 N–H and O–H groups in total. The van der Waals surface area contributed by atoms with Crippen LogP contribution in [-0.2, 0) is 14.3 Å². The van der Waals surface area contributed by atoms with Crippen molar-refractivity contribution >= 4 is 23.7 Å². The topological polar surface area (TPSA) is 84.0 Å². The highest BCUT2D eigenvalue weighted by Gasteiger charge is 2.41. The quantitative estimate of drug-likeness (QED) is 0.419. The third kappa shape index (κ3) is 3.51. The number of imide groups is 1. The van der Waals surface area contributed by atoms with Gasteiger partial charge in [0.15, 0.2) is 0 Å². The molecule has 2 atom stereocenters. The van der Waals surface area contributed by atoms with Crippen molar-refractivity contribution in [1.29, 1.82) is 0 Å². The van der Waals surface area contributed by atoms with Crippen LogP contribution in [0.2, 0.25) is 0 Å². The molecule has 1 aliphatic heterocycles. The molecule has 0 saturated carbocycles. The maximum Gasteiger partial charge on any atom is 0.310 e. The lowest BCUT2D eigenvalue weighted by molar-refractivity contribution is -0.146. The first-order valence-electron chi connectivity index (χ1n) is 8.27. The molecule has 2 rings (SSSR count). The van der Waals surface area contributed by atoms with Crippen LogP contribution in [0.5, 0.6) is 0 Å². The molecule has 0 fully saturated rings. The Labute approximate surface area is 152 Å². The maximum absolute atomic E-state index is 12.9. The second-order valence-electron chi connectivity index (χ2n) is 6.16. The first-order chi connectivity index (χ1) is 12.3. The third-order valence-corrected chi connectivity index (χ3v) is 4.33. The molecule has 0 spiro atoms. The number of rotatable bonds is 7. The van der Waals surface area contributed by atoms with Crippen LogP contribution < -0.4 is 0 Å². The first kappa shape index (κ1) is 19.4. The molecule has 7 heteroatoms. The number of nitrogens with zero attached hydrogens (tertiary/aromatic N) is 2. The van der Waals surface area contributed by atoms with E-state index in [9.17, 15) is 19.2 Å². The molecule has 3 amide bonds. The van der Waals surface area contributed by atoms with Crippen LogP contribution in [0.1, 0.15) is 34.6 Å². The average Bonchev–Trinajstić information content (AvgIpc) is 2.90. The molecule has 1 aromatic rings. The Kier molecular flexibility index (Phi) is 5.92. The van der Waals surface area contributed by atoms with Gasteiger partial charge in [-0.3, -0.25) is 24.1 Å². The summed E-state index contributed by atoms with van der Waals surface area (Å²) in [6.07, 6.45) is 1.52. The van der Waals surface area contributed by atoms with E-state index in [-0.39, 0.29) is 24.2 Å². The van der Waals surface area contributed by atoms with Gasteiger partial charge in [0, 0.05) is 13.1 Å². The van der Waals surface area contributed by atoms with Crippen LogP contribution in [0, 0.1) is 5.92 Å². The third-order valence-electron chi connectivity index (χ3n) is 4.33. The number of fused-ring (bicyclic) bond motifs is 1. The van der Waals surface area contributed by atoms with E-state index in [1.807, 2.05) is 0 Å². The lowest BCUT2D eigenvalue weighted by Gasteiger charge is -2.30. The highest BCUT2D eigenvalue weighted by molar-refractivity contribution is 6.22. The minimum absolute atomic E-state index is 0.102. The lowest BCUT2D eigenvalue weighted by atomic mass is 10.1. The lowest BCUT2D eigenvalue weighted by Crippen LogP contribution is -2.50. The summed E-state index contributed by atoms with van der Waals surface area (Å²) in [7, 11) is 1.28. The molecular weight excluding hydrogens is 336 g/mol. The predicted molar refractivity (Wildman–Crippen MR) is 94.4 cm³/mol. The van der Waals surface area contributed by atoms with Crippen LogP contribution in [0.4, 0.5) is 0 Å². The molecule has 2 unspecified atom stereocenters. The standard InChI is InChI=1S/C19H22N2O5/c1-5-10-20(11-12(2)19(25)26-4)16(22)13(3)21-17(23)14-8-6-7-9-15(14)18(21)24/h5-9,12-13H,1,10-11H2,2-4H3. The molecule has 0 bridgehead atoms. The van der Waals surface area contributed by atoms with Gasteiger partial charge in [0.25, 0.3) is 11.8 Å². The van der Waals surface area contributed by atoms with E-state index < -0.39 is 35.7 Å². The van der Waals surface area contributed by atoms with Gasteiger partial charge in [0.05, 0.1) is 24.2 Å². The van der Waals surface area contributed by atoms with Gasteiger partial charge in [0.2, 0.25) is 5.91 Å². The zero-order valence-electron chi connectivity index (χ0n) is 15.1. The van der Waals surface area contributed by atoms with E-state index >= 15 is 0 Å². The van der Waals surface area contributed by atoms with Gasteiger partial charge < -0.3 is 9.64 Å². The summed E-state index contributed by atoms with van der Waals surface area (Å²) in [6, 6.07) is 5.47. The summed E-state index contributed by atoms with van der Waals surface area (Å²) in [5, 5.41) is 0. The van der Waals surface area contributed by atoms with Gasteiger partial charge in [-0.1, -0.05) is 25.1 Å². The number of carbonyl (C=O) groups is 4. The van der Waals surface area contributed by atoms with Crippen LogP contribution in [0.25, 0.3) is 0 Å². The predicted octanol–water partition coefficient (Wildman–Crippen LogP) is 1.49. The second-order valence-corrected chi connectivity index (χ2v) is 6.16. The Morgan fingerprint density at radius 1 is 1.19 bits per heavy atom. The first-order valence-corrected chi connectivity index (χ1v) is 8.27. The van der Waals surface area contributed by atoms with Crippen molar-refractivity contribution in [3.05, 3.63) is 48.0 Å². The minimum atomic E-state index is -0.993. The van der Waals surface area contributed by atoms with Crippen molar-refractivity contribution in [1.82, 2.24) is 9.80 Å². The fourth-order valence-electron chi connectivity index (χ4n) is 2.95. The molecule has 26 heavy (non-hydrogen) atoms. The second kappa shape index (κ2) is 7.95. The Morgan fingerprint density at radius 3 is 2.19 bits per heavy atom. The summed E-state index contributed by atoms with van der Waals surface area (Å²) in [5.41, 5.74) is 0.575. The molecule has 0 aromatic heterocycles. The average molecular weight is 358 g/mol. The Morgan fingerprint density at radius 2 is 1.73 bits per heavy atom. The van der Waals surface area contributed by atoms with Gasteiger partial charge in [-0.15, -0.1) is 6.58 Å². The van der Waals surface area contributed by atoms with Crippen LogP contribution in [-0.4, -0.2) is 59.7 Å². The van der Waals surface area contributed by atoms with E-state index in [1.165, 1.54) is 25.0 Å². The van der Waals surface area contributed by atoms with E-state index in [1.54, 1.807) is 31.2 Å². The van der Waals surface area contributed by atoms with Crippen molar-refractivity contribution in [3.63, 3.8) is 0 Å². The molecule has 0 radical (unpaired) electrons. The zero-order chi connectivity index (χ0) is 19.4. The Balaban J connectivity index is 2.21. The number of amides is 3. The Bertz CT molecular complexity index is 723. The molecule has 0 aliphatic carbocycles. The van der Waals surface area contributed by atoms with Crippen molar-refractivity contribution in [2.24, 2.45) is 5.92 Å². The van der Waals surface area contributed by atoms with E-state index in [4.69, 9.17) is 0 Å². The SMILES string of the molecule is C=CCN(CC(C)C(=O)OC)C(=O)C(C)N1C(=O)c2ccccc2C1=O. The maximum atomic E-state index is 12.9. The normalized spacial score (nSPS) is 15.3. The zero-order valence-corrected chi connectivity index (χ0v) is 15.1. The van der Waals surface area contributed by atoms with E-state index in [2.05, 4.69) is 11.3 Å². The van der Waals surface area contributed by atoms with Gasteiger partial charge in [-0.25, -0.2) is 0 Å². The minimum Gasteiger partial charge on any atom is -0.469 e. The molecular formula is C19H22N2O5. The number of benzene rings is 1. The summed E-state index contributed by atoms with van der Waals surface area (Å²) < 4.78 is 4.69. The fraction of sp³-hybridized carbons (Fsp3) is 0.368. The smallest absolute Gasteiger partial charge is 0.310 e. The number of carbonyl (C=O) groups excluding carboxylic acids is 4. The molecule has 0 saturated heterocycles. The largest absolute Gasteiger partial charge is 0.469 e. The molecule has 1 heterocycles. The van der Waals surface area contributed by atoms with Crippen LogP contribution in [0.3, 0.4) is 0 Å². The molecule has 7 nitrogen and oxygen atoms in total. The number of hydrogen-bond acceptors (Lipinski definition) is 5. The highest BCUT2D eigenvalue weighted by Crippen LogP contribution is 2.25. The number of hydrogen-bond donors (Lipinski definition) is 0. The molecule has 1 aromatic carbocycles. The van der Waals surface area contributed by atoms with Crippen LogP contribution >= 0.6 is 0 Å². The van der Waals surface area contributed by atoms with Gasteiger partial charge >= 0.3 is 5.97 Å². The number of esters is 1.